The van der Waals surface area contributed by atoms with Crippen LogP contribution >= 0.6 is 0 Å². The molecule has 3 atom stereocenters. The van der Waals surface area contributed by atoms with E-state index in [2.05, 4.69) is 6.92 Å². The molecule has 0 spiro atoms. The first-order valence-electron chi connectivity index (χ1n) is 12.4. The van der Waals surface area contributed by atoms with Crippen molar-refractivity contribution >= 4 is 5.78 Å². The molecule has 0 radical (unpaired) electrons. The average Bonchev–Trinajstić information content (AvgIpc) is 2.76. The molecular formula is C26H46N2O3. The lowest BCUT2D eigenvalue weighted by atomic mass is 9.91. The SMILES string of the molecule is CCCCCCCCCCC[C@H](CC(=O)[C@H](CCCN)C(N)O)OCc1ccccc1. The largest absolute Gasteiger partial charge is 0.378 e. The second-order valence-corrected chi connectivity index (χ2v) is 8.73. The van der Waals surface area contributed by atoms with Crippen molar-refractivity contribution < 1.29 is 14.6 Å². The molecule has 1 unspecified atom stereocenters. The summed E-state index contributed by atoms with van der Waals surface area (Å²) in [6.45, 7) is 3.23. The summed E-state index contributed by atoms with van der Waals surface area (Å²) in [5.41, 5.74) is 12.3. The van der Waals surface area contributed by atoms with Gasteiger partial charge in [0.25, 0.3) is 0 Å². The molecule has 0 amide bonds. The van der Waals surface area contributed by atoms with E-state index >= 15 is 0 Å². The topological polar surface area (TPSA) is 98.6 Å². The third-order valence-electron chi connectivity index (χ3n) is 5.93. The zero-order chi connectivity index (χ0) is 22.7. The molecule has 0 saturated heterocycles. The van der Waals surface area contributed by atoms with Gasteiger partial charge in [-0.25, -0.2) is 0 Å². The number of ketones is 1. The van der Waals surface area contributed by atoms with Crippen molar-refractivity contribution in [3.05, 3.63) is 35.9 Å². The Morgan fingerprint density at radius 3 is 2.13 bits per heavy atom. The molecule has 0 heterocycles. The van der Waals surface area contributed by atoms with E-state index < -0.39 is 12.1 Å². The van der Waals surface area contributed by atoms with Gasteiger partial charge in [-0.2, -0.15) is 0 Å². The number of aliphatic hydroxyl groups is 1. The van der Waals surface area contributed by atoms with Crippen LogP contribution in [-0.4, -0.2) is 29.8 Å². The molecule has 0 aliphatic heterocycles. The van der Waals surface area contributed by atoms with Gasteiger partial charge in [0.05, 0.1) is 18.6 Å². The lowest BCUT2D eigenvalue weighted by molar-refractivity contribution is -0.130. The van der Waals surface area contributed by atoms with Crippen molar-refractivity contribution in [1.29, 1.82) is 0 Å². The second kappa shape index (κ2) is 18.3. The molecular weight excluding hydrogens is 388 g/mol. The Balaban J connectivity index is 2.47. The van der Waals surface area contributed by atoms with Crippen LogP contribution in [0.4, 0.5) is 0 Å². The van der Waals surface area contributed by atoms with E-state index in [0.717, 1.165) is 18.4 Å². The number of benzene rings is 1. The summed E-state index contributed by atoms with van der Waals surface area (Å²) < 4.78 is 6.14. The average molecular weight is 435 g/mol. The van der Waals surface area contributed by atoms with Crippen LogP contribution in [0.25, 0.3) is 0 Å². The van der Waals surface area contributed by atoms with E-state index in [1.165, 1.54) is 51.4 Å². The van der Waals surface area contributed by atoms with Gasteiger partial charge in [-0.1, -0.05) is 95.0 Å². The van der Waals surface area contributed by atoms with Crippen molar-refractivity contribution in [2.45, 2.75) is 109 Å². The normalized spacial score (nSPS) is 14.3. The van der Waals surface area contributed by atoms with E-state index in [1.54, 1.807) is 0 Å². The zero-order valence-electron chi connectivity index (χ0n) is 19.6. The van der Waals surface area contributed by atoms with Gasteiger partial charge in [0, 0.05) is 6.42 Å². The van der Waals surface area contributed by atoms with Crippen LogP contribution in [0.5, 0.6) is 0 Å². The summed E-state index contributed by atoms with van der Waals surface area (Å²) in [6, 6.07) is 10.0. The number of aliphatic hydroxyl groups excluding tert-OH is 1. The highest BCUT2D eigenvalue weighted by atomic mass is 16.5. The molecule has 178 valence electrons. The van der Waals surface area contributed by atoms with Gasteiger partial charge in [0.1, 0.15) is 12.0 Å². The summed E-state index contributed by atoms with van der Waals surface area (Å²) in [4.78, 5) is 12.8. The Morgan fingerprint density at radius 1 is 0.935 bits per heavy atom. The number of ether oxygens (including phenoxy) is 1. The fraction of sp³-hybridized carbons (Fsp3) is 0.731. The summed E-state index contributed by atoms with van der Waals surface area (Å²) in [7, 11) is 0. The van der Waals surface area contributed by atoms with Crippen molar-refractivity contribution in [1.82, 2.24) is 0 Å². The van der Waals surface area contributed by atoms with Crippen LogP contribution < -0.4 is 11.5 Å². The van der Waals surface area contributed by atoms with Crippen LogP contribution in [0.2, 0.25) is 0 Å². The predicted octanol–water partition coefficient (Wildman–Crippen LogP) is 5.08. The maximum atomic E-state index is 12.8. The van der Waals surface area contributed by atoms with Gasteiger partial charge in [0.15, 0.2) is 0 Å². The zero-order valence-corrected chi connectivity index (χ0v) is 19.6. The molecule has 0 aliphatic carbocycles. The monoisotopic (exact) mass is 434 g/mol. The van der Waals surface area contributed by atoms with Crippen LogP contribution in [0.3, 0.4) is 0 Å². The number of unbranched alkanes of at least 4 members (excludes halogenated alkanes) is 8. The van der Waals surface area contributed by atoms with Crippen molar-refractivity contribution in [3.63, 3.8) is 0 Å². The number of hydrogen-bond acceptors (Lipinski definition) is 5. The first-order chi connectivity index (χ1) is 15.1. The number of Topliss-reactive ketones (excluding diaryl/α,β-unsaturated/α-hetero) is 1. The molecule has 5 nitrogen and oxygen atoms in total. The van der Waals surface area contributed by atoms with Crippen LogP contribution in [-0.2, 0) is 16.1 Å². The minimum atomic E-state index is -1.14. The second-order valence-electron chi connectivity index (χ2n) is 8.73. The van der Waals surface area contributed by atoms with Gasteiger partial charge < -0.3 is 21.3 Å². The number of rotatable bonds is 20. The Labute approximate surface area is 189 Å². The fourth-order valence-electron chi connectivity index (χ4n) is 3.95. The maximum absolute atomic E-state index is 12.8. The number of carbonyl (C=O) groups is 1. The maximum Gasteiger partial charge on any atom is 0.142 e. The molecule has 5 heteroatoms. The van der Waals surface area contributed by atoms with Crippen molar-refractivity contribution in [2.24, 2.45) is 17.4 Å². The molecule has 0 aromatic heterocycles. The predicted molar refractivity (Wildman–Crippen MR) is 128 cm³/mol. The first-order valence-corrected chi connectivity index (χ1v) is 12.4. The molecule has 0 saturated carbocycles. The minimum Gasteiger partial charge on any atom is -0.378 e. The van der Waals surface area contributed by atoms with Gasteiger partial charge in [-0.15, -0.1) is 0 Å². The number of carbonyl (C=O) groups excluding carboxylic acids is 1. The summed E-state index contributed by atoms with van der Waals surface area (Å²) in [5, 5.41) is 9.86. The molecule has 5 N–H and O–H groups in total. The Hall–Kier alpha value is -1.27. The van der Waals surface area contributed by atoms with Crippen LogP contribution in [0.1, 0.15) is 96.0 Å². The Morgan fingerprint density at radius 2 is 1.55 bits per heavy atom. The fourth-order valence-corrected chi connectivity index (χ4v) is 3.95. The molecule has 0 bridgehead atoms. The third kappa shape index (κ3) is 13.7. The van der Waals surface area contributed by atoms with E-state index in [9.17, 15) is 9.90 Å². The number of nitrogens with two attached hydrogens (primary N) is 2. The molecule has 31 heavy (non-hydrogen) atoms. The highest BCUT2D eigenvalue weighted by Crippen LogP contribution is 2.20. The lowest BCUT2D eigenvalue weighted by Crippen LogP contribution is -2.37. The molecule has 0 fully saturated rings. The molecule has 0 aliphatic rings. The third-order valence-corrected chi connectivity index (χ3v) is 5.93. The molecule has 1 rings (SSSR count). The van der Waals surface area contributed by atoms with Gasteiger partial charge in [-0.05, 0) is 31.4 Å². The highest BCUT2D eigenvalue weighted by molar-refractivity contribution is 5.81. The van der Waals surface area contributed by atoms with Gasteiger partial charge >= 0.3 is 0 Å². The van der Waals surface area contributed by atoms with Crippen molar-refractivity contribution in [2.75, 3.05) is 6.54 Å². The summed E-state index contributed by atoms with van der Waals surface area (Å²) >= 11 is 0. The van der Waals surface area contributed by atoms with E-state index in [0.29, 0.717) is 32.4 Å². The molecule has 1 aromatic carbocycles. The lowest BCUT2D eigenvalue weighted by Gasteiger charge is -2.23. The highest BCUT2D eigenvalue weighted by Gasteiger charge is 2.26. The smallest absolute Gasteiger partial charge is 0.142 e. The van der Waals surface area contributed by atoms with Crippen molar-refractivity contribution in [3.8, 4) is 0 Å². The van der Waals surface area contributed by atoms with E-state index in [-0.39, 0.29) is 11.9 Å². The summed E-state index contributed by atoms with van der Waals surface area (Å²) in [6.07, 6.45) is 12.5. The van der Waals surface area contributed by atoms with Crippen LogP contribution in [0, 0.1) is 5.92 Å². The Kier molecular flexibility index (Phi) is 16.4. The number of hydrogen-bond donors (Lipinski definition) is 3. The Bertz CT molecular complexity index is 551. The van der Waals surface area contributed by atoms with Crippen LogP contribution in [0.15, 0.2) is 30.3 Å². The quantitative estimate of drug-likeness (QED) is 0.196. The first kappa shape index (κ1) is 27.8. The summed E-state index contributed by atoms with van der Waals surface area (Å²) in [5.74, 6) is -0.577. The van der Waals surface area contributed by atoms with E-state index in [4.69, 9.17) is 16.2 Å². The minimum absolute atomic E-state index is 0.0163. The van der Waals surface area contributed by atoms with Gasteiger partial charge in [0.2, 0.25) is 0 Å². The standard InChI is InChI=1S/C26H46N2O3/c1-2-3-4-5-6-7-8-9-13-17-23(31-21-22-15-11-10-12-16-22)20-25(29)24(26(28)30)18-14-19-27/h10-12,15-16,23-24,26,30H,2-9,13-14,17-21,27-28H2,1H3/t23-,24+,26?/m1/s1. The van der Waals surface area contributed by atoms with E-state index in [1.807, 2.05) is 30.3 Å². The van der Waals surface area contributed by atoms with Gasteiger partial charge in [-0.3, -0.25) is 4.79 Å². The molecule has 1 aromatic rings.